The Balaban J connectivity index is 1.21. The first-order valence-electron chi connectivity index (χ1n) is 20.1. The zero-order valence-corrected chi connectivity index (χ0v) is 30.7. The van der Waals surface area contributed by atoms with Crippen LogP contribution < -0.4 is 16.4 Å². The SMILES string of the molecule is c1ccc2c(c1)-c1cccc3cc4c5c(c13)c1c-2cccc1n5-c1cc(-c2ccc3ccccc3c2)cc2c1B4c1cc3ccccc3c3c4ccccc4n-2c13. The summed E-state index contributed by atoms with van der Waals surface area (Å²) in [6.45, 7) is 0.0449. The lowest BCUT2D eigenvalue weighted by atomic mass is 9.34. The Morgan fingerprint density at radius 2 is 0.912 bits per heavy atom. The van der Waals surface area contributed by atoms with Crippen molar-refractivity contribution in [3.05, 3.63) is 176 Å². The molecule has 0 unspecified atom stereocenters. The van der Waals surface area contributed by atoms with Crippen molar-refractivity contribution in [2.75, 3.05) is 0 Å². The van der Waals surface area contributed by atoms with Gasteiger partial charge in [-0.1, -0.05) is 146 Å². The number of benzene rings is 10. The Morgan fingerprint density at radius 3 is 1.74 bits per heavy atom. The topological polar surface area (TPSA) is 9.86 Å². The summed E-state index contributed by atoms with van der Waals surface area (Å²) in [5, 5.41) is 13.2. The summed E-state index contributed by atoms with van der Waals surface area (Å²) >= 11 is 0. The van der Waals surface area contributed by atoms with Gasteiger partial charge >= 0.3 is 0 Å². The van der Waals surface area contributed by atoms with Crippen LogP contribution in [0.25, 0.3) is 121 Å². The van der Waals surface area contributed by atoms with Gasteiger partial charge in [0.1, 0.15) is 0 Å². The highest BCUT2D eigenvalue weighted by atomic mass is 15.0. The molecule has 10 aromatic carbocycles. The van der Waals surface area contributed by atoms with Crippen LogP contribution in [0.3, 0.4) is 0 Å². The van der Waals surface area contributed by atoms with Crippen LogP contribution >= 0.6 is 0 Å². The van der Waals surface area contributed by atoms with E-state index >= 15 is 0 Å². The molecule has 3 heteroatoms. The first-order chi connectivity index (χ1) is 28.3. The molecule has 1 aliphatic carbocycles. The predicted molar refractivity (Wildman–Crippen MR) is 242 cm³/mol. The normalized spacial score (nSPS) is 13.2. The lowest BCUT2D eigenvalue weighted by molar-refractivity contribution is 1.14. The van der Waals surface area contributed by atoms with Crippen LogP contribution in [0, 0.1) is 0 Å². The zero-order chi connectivity index (χ0) is 36.7. The average molecular weight is 717 g/mol. The van der Waals surface area contributed by atoms with Gasteiger partial charge in [0, 0.05) is 32.9 Å². The van der Waals surface area contributed by atoms with Crippen molar-refractivity contribution in [3.8, 4) is 44.8 Å². The van der Waals surface area contributed by atoms with E-state index in [0.717, 1.165) is 0 Å². The van der Waals surface area contributed by atoms with E-state index in [1.807, 2.05) is 0 Å². The van der Waals surface area contributed by atoms with Crippen molar-refractivity contribution in [1.82, 2.24) is 9.13 Å². The zero-order valence-electron chi connectivity index (χ0n) is 30.7. The van der Waals surface area contributed by atoms with E-state index in [2.05, 4.69) is 185 Å². The quantitative estimate of drug-likeness (QED) is 0.150. The first-order valence-corrected chi connectivity index (χ1v) is 20.1. The third-order valence-corrected chi connectivity index (χ3v) is 13.7. The van der Waals surface area contributed by atoms with Crippen LogP contribution in [-0.4, -0.2) is 15.8 Å². The summed E-state index contributed by atoms with van der Waals surface area (Å²) in [6.07, 6.45) is 0. The van der Waals surface area contributed by atoms with Gasteiger partial charge in [0.05, 0.1) is 22.1 Å². The highest BCUT2D eigenvalue weighted by molar-refractivity contribution is 7.00. The van der Waals surface area contributed by atoms with Gasteiger partial charge in [-0.2, -0.15) is 0 Å². The summed E-state index contributed by atoms with van der Waals surface area (Å²) in [7, 11) is 0. The Labute approximate surface area is 327 Å². The van der Waals surface area contributed by atoms with Crippen LogP contribution in [0.1, 0.15) is 0 Å². The summed E-state index contributed by atoms with van der Waals surface area (Å²) in [5.74, 6) is 0. The second-order valence-corrected chi connectivity index (χ2v) is 16.4. The van der Waals surface area contributed by atoms with E-state index < -0.39 is 0 Å². The van der Waals surface area contributed by atoms with Crippen molar-refractivity contribution in [2.24, 2.45) is 0 Å². The molecular formula is C54H29BN2. The molecule has 2 aliphatic heterocycles. The van der Waals surface area contributed by atoms with Crippen LogP contribution in [0.15, 0.2) is 176 Å². The second kappa shape index (κ2) is 9.89. The van der Waals surface area contributed by atoms with Gasteiger partial charge in [-0.3, -0.25) is 0 Å². The molecule has 0 amide bonds. The fourth-order valence-electron chi connectivity index (χ4n) is 11.6. The monoisotopic (exact) mass is 716 g/mol. The molecule has 0 saturated heterocycles. The van der Waals surface area contributed by atoms with E-state index in [1.165, 1.54) is 137 Å². The minimum atomic E-state index is 0.0449. The smallest absolute Gasteiger partial charge is 0.252 e. The summed E-state index contributed by atoms with van der Waals surface area (Å²) in [5.41, 5.74) is 19.6. The number of hydrogen-bond acceptors (Lipinski definition) is 0. The third-order valence-electron chi connectivity index (χ3n) is 13.7. The molecule has 0 fully saturated rings. The Bertz CT molecular complexity index is 3880. The molecule has 0 spiro atoms. The summed E-state index contributed by atoms with van der Waals surface area (Å²) in [6, 6.07) is 66.9. The van der Waals surface area contributed by atoms with Crippen LogP contribution in [0.4, 0.5) is 0 Å². The number of aromatic nitrogens is 2. The Morgan fingerprint density at radius 1 is 0.333 bits per heavy atom. The predicted octanol–water partition coefficient (Wildman–Crippen LogP) is 11.8. The van der Waals surface area contributed by atoms with E-state index in [1.54, 1.807) is 0 Å². The lowest BCUT2D eigenvalue weighted by Gasteiger charge is -2.35. The van der Waals surface area contributed by atoms with Gasteiger partial charge in [-0.15, -0.1) is 0 Å². The van der Waals surface area contributed by atoms with Gasteiger partial charge in [0.2, 0.25) is 0 Å². The van der Waals surface area contributed by atoms with Crippen LogP contribution in [0.5, 0.6) is 0 Å². The molecule has 57 heavy (non-hydrogen) atoms. The van der Waals surface area contributed by atoms with Crippen LogP contribution in [-0.2, 0) is 0 Å². The molecule has 3 aliphatic rings. The standard InChI is InChI=1S/C54H29BN2/c1-2-12-31-25-32(24-23-30(31)11-1)35-28-46-52-47(29-35)57-45-22-10-20-40-38-17-6-5-16-37(38)39-19-9-14-34-27-43(54(57)51(48(34)39)50(40)45)55(52)42-26-33-13-3-4-15-36(33)49-41-18-7-8-21-44(41)56(46)53(42)49/h1-29H. The van der Waals surface area contributed by atoms with Crippen molar-refractivity contribution in [1.29, 1.82) is 0 Å². The number of fused-ring (bicyclic) bond motifs is 14. The van der Waals surface area contributed by atoms with Gasteiger partial charge < -0.3 is 9.13 Å². The van der Waals surface area contributed by atoms with Crippen molar-refractivity contribution >= 4 is 99.0 Å². The maximum atomic E-state index is 2.66. The fourth-order valence-corrected chi connectivity index (χ4v) is 11.6. The molecule has 2 aromatic heterocycles. The van der Waals surface area contributed by atoms with Crippen molar-refractivity contribution in [2.45, 2.75) is 0 Å². The molecule has 15 rings (SSSR count). The molecule has 12 aromatic rings. The highest BCUT2D eigenvalue weighted by Gasteiger charge is 2.42. The minimum absolute atomic E-state index is 0.0449. The molecule has 0 N–H and O–H groups in total. The van der Waals surface area contributed by atoms with Gasteiger partial charge in [0.25, 0.3) is 6.71 Å². The summed E-state index contributed by atoms with van der Waals surface area (Å²) < 4.78 is 5.27. The van der Waals surface area contributed by atoms with E-state index in [0.29, 0.717) is 0 Å². The lowest BCUT2D eigenvalue weighted by Crippen LogP contribution is -2.59. The number of nitrogens with zero attached hydrogens (tertiary/aromatic N) is 2. The van der Waals surface area contributed by atoms with Crippen LogP contribution in [0.2, 0.25) is 0 Å². The Kier molecular flexibility index (Phi) is 5.03. The first kappa shape index (κ1) is 29.0. The van der Waals surface area contributed by atoms with Gasteiger partial charge in [-0.05, 0) is 112 Å². The second-order valence-electron chi connectivity index (χ2n) is 16.4. The summed E-state index contributed by atoms with van der Waals surface area (Å²) in [4.78, 5) is 0. The van der Waals surface area contributed by atoms with E-state index in [-0.39, 0.29) is 6.71 Å². The average Bonchev–Trinajstić information content (AvgIpc) is 3.77. The van der Waals surface area contributed by atoms with Gasteiger partial charge in [-0.25, -0.2) is 0 Å². The molecule has 2 nitrogen and oxygen atoms in total. The molecule has 0 atom stereocenters. The van der Waals surface area contributed by atoms with Crippen molar-refractivity contribution < 1.29 is 0 Å². The van der Waals surface area contributed by atoms with E-state index in [9.17, 15) is 0 Å². The van der Waals surface area contributed by atoms with Crippen molar-refractivity contribution in [3.63, 3.8) is 0 Å². The number of rotatable bonds is 1. The third kappa shape index (κ3) is 3.35. The molecule has 0 bridgehead atoms. The molecule has 0 radical (unpaired) electrons. The minimum Gasteiger partial charge on any atom is -0.310 e. The maximum Gasteiger partial charge on any atom is 0.252 e. The molecular weight excluding hydrogens is 687 g/mol. The fraction of sp³-hybridized carbons (Fsp3) is 0. The molecule has 258 valence electrons. The molecule has 4 heterocycles. The molecule has 0 saturated carbocycles. The van der Waals surface area contributed by atoms with Gasteiger partial charge in [0.15, 0.2) is 0 Å². The number of para-hydroxylation sites is 1. The largest absolute Gasteiger partial charge is 0.310 e. The maximum absolute atomic E-state index is 2.66. The number of hydrogen-bond donors (Lipinski definition) is 0. The Hall–Kier alpha value is -7.36. The van der Waals surface area contributed by atoms with E-state index in [4.69, 9.17) is 0 Å². The highest BCUT2D eigenvalue weighted by Crippen LogP contribution is 2.51.